The highest BCUT2D eigenvalue weighted by atomic mass is 31.1. The molecule has 344 valence electrons. The van der Waals surface area contributed by atoms with Crippen molar-refractivity contribution in [2.75, 3.05) is 32.7 Å². The van der Waals surface area contributed by atoms with Crippen molar-refractivity contribution in [3.63, 3.8) is 0 Å². The molecule has 0 aromatic heterocycles. The Balaban J connectivity index is 0.000000233. The molecule has 0 aliphatic carbocycles. The molecule has 10 nitrogen and oxygen atoms in total. The van der Waals surface area contributed by atoms with Crippen molar-refractivity contribution in [3.05, 3.63) is 191 Å². The fourth-order valence-corrected chi connectivity index (χ4v) is 8.35. The lowest BCUT2D eigenvalue weighted by Gasteiger charge is -2.13. The van der Waals surface area contributed by atoms with Crippen molar-refractivity contribution in [1.29, 1.82) is 0 Å². The van der Waals surface area contributed by atoms with Gasteiger partial charge in [-0.05, 0) is 156 Å². The number of hydrogen-bond donors (Lipinski definition) is 1. The minimum atomic E-state index is -0.943. The van der Waals surface area contributed by atoms with E-state index in [2.05, 4.69) is 38.5 Å². The smallest absolute Gasteiger partial charge is 0.507 e. The molecule has 0 saturated heterocycles. The van der Waals surface area contributed by atoms with Gasteiger partial charge in [0.1, 0.15) is 64.1 Å². The van der Waals surface area contributed by atoms with Gasteiger partial charge in [0.05, 0.1) is 0 Å². The van der Waals surface area contributed by atoms with Crippen molar-refractivity contribution >= 4 is 78.2 Å². The molecule has 5 unspecified atom stereocenters. The summed E-state index contributed by atoms with van der Waals surface area (Å²) >= 11 is 0. The van der Waals surface area contributed by atoms with Crippen molar-refractivity contribution < 1.29 is 47.9 Å². The zero-order chi connectivity index (χ0) is 47.5. The second kappa shape index (κ2) is 26.0. The standard InChI is InChI=1S/C30H29O6P3.C22H22O4P2/c1-38-25-12-8-23(9-13-25)34-29(31)27-18-21(17-20-3-6-22(7-4-20)33-19-37)5-16-28(27)36-30(32)35-24-10-14-26(39-2)15-11-24;1-28-19-9-7-18(8-10-19)26-22(24)20-13-16(4-11-21(20)23)12-15-2-5-17(6-3-15)25-14-27/h3-16,18,38-39H,17,19,37H2,1-2H3;2-11,13,23,28H,12,14,27H2,1H3. The molecule has 1 N–H and O–H groups in total. The Bertz CT molecular complexity index is 2710. The number of rotatable bonds is 17. The van der Waals surface area contributed by atoms with Gasteiger partial charge in [-0.2, -0.15) is 0 Å². The van der Waals surface area contributed by atoms with Crippen molar-refractivity contribution in [2.24, 2.45) is 0 Å². The number of carbonyl (C=O) groups is 3. The van der Waals surface area contributed by atoms with E-state index in [9.17, 15) is 19.5 Å². The molecule has 0 fully saturated rings. The third-order valence-corrected chi connectivity index (χ3v) is 13.0. The molecule has 0 spiro atoms. The van der Waals surface area contributed by atoms with Gasteiger partial charge in [-0.25, -0.2) is 14.4 Å². The first-order chi connectivity index (χ1) is 32.5. The predicted molar refractivity (Wildman–Crippen MR) is 281 cm³/mol. The largest absolute Gasteiger partial charge is 0.519 e. The number of aromatic hydroxyl groups is 1. The van der Waals surface area contributed by atoms with Crippen molar-refractivity contribution in [1.82, 2.24) is 0 Å². The van der Waals surface area contributed by atoms with E-state index in [0.29, 0.717) is 68.5 Å². The zero-order valence-electron chi connectivity index (χ0n) is 37.1. The van der Waals surface area contributed by atoms with Crippen molar-refractivity contribution in [3.8, 4) is 40.2 Å². The number of carbonyl (C=O) groups excluding carboxylic acids is 3. The van der Waals surface area contributed by atoms with Crippen LogP contribution in [0.1, 0.15) is 43.0 Å². The number of hydrogen-bond acceptors (Lipinski definition) is 10. The maximum Gasteiger partial charge on any atom is 0.519 e. The first-order valence-corrected chi connectivity index (χ1v) is 27.2. The summed E-state index contributed by atoms with van der Waals surface area (Å²) in [6.07, 6.45) is 1.31. The summed E-state index contributed by atoms with van der Waals surface area (Å²) in [6, 6.07) is 47.5. The number of phenols is 1. The normalized spacial score (nSPS) is 11.1. The Kier molecular flexibility index (Phi) is 19.7. The van der Waals surface area contributed by atoms with Crippen LogP contribution in [0.5, 0.6) is 40.2 Å². The lowest BCUT2D eigenvalue weighted by Crippen LogP contribution is -2.18. The summed E-state index contributed by atoms with van der Waals surface area (Å²) in [5, 5.41) is 13.6. The van der Waals surface area contributed by atoms with E-state index >= 15 is 0 Å². The summed E-state index contributed by atoms with van der Waals surface area (Å²) in [5.41, 5.74) is 4.15. The molecular formula is C52H51O10P5. The van der Waals surface area contributed by atoms with Crippen LogP contribution in [0.4, 0.5) is 4.79 Å². The first kappa shape index (κ1) is 50.7. The predicted octanol–water partition coefficient (Wildman–Crippen LogP) is 10.5. The lowest BCUT2D eigenvalue weighted by atomic mass is 10.0. The monoisotopic (exact) mass is 990 g/mol. The molecule has 7 aromatic carbocycles. The van der Waals surface area contributed by atoms with E-state index in [1.165, 1.54) is 11.4 Å². The number of esters is 2. The fraction of sp³-hybridized carbons (Fsp3) is 0.135. The van der Waals surface area contributed by atoms with E-state index in [1.807, 2.05) is 84.9 Å². The summed E-state index contributed by atoms with van der Waals surface area (Å²) in [5.74, 6) is 1.56. The molecule has 0 amide bonds. The van der Waals surface area contributed by atoms with Gasteiger partial charge in [0.25, 0.3) is 0 Å². The number of benzene rings is 7. The highest BCUT2D eigenvalue weighted by Gasteiger charge is 2.21. The second-order valence-corrected chi connectivity index (χ2v) is 18.4. The van der Waals surface area contributed by atoms with Crippen LogP contribution in [-0.4, -0.2) is 55.9 Å². The molecule has 0 bridgehead atoms. The van der Waals surface area contributed by atoms with E-state index in [-0.39, 0.29) is 22.6 Å². The Hall–Kier alpha value is -5.70. The van der Waals surface area contributed by atoms with Gasteiger partial charge in [0.2, 0.25) is 0 Å². The summed E-state index contributed by atoms with van der Waals surface area (Å²) in [7, 11) is 7.00. The third-order valence-electron chi connectivity index (χ3n) is 9.95. The maximum atomic E-state index is 13.3. The minimum Gasteiger partial charge on any atom is -0.507 e. The first-order valence-electron chi connectivity index (χ1n) is 21.0. The van der Waals surface area contributed by atoms with Crippen LogP contribution < -0.4 is 44.3 Å². The van der Waals surface area contributed by atoms with E-state index in [0.717, 1.165) is 44.4 Å². The summed E-state index contributed by atoms with van der Waals surface area (Å²) in [6.45, 7) is 6.24. The topological polar surface area (TPSA) is 127 Å². The number of ether oxygens (including phenoxy) is 6. The molecule has 7 rings (SSSR count). The van der Waals surface area contributed by atoms with Crippen LogP contribution in [0, 0.1) is 0 Å². The van der Waals surface area contributed by atoms with Gasteiger partial charge in [-0.3, -0.25) is 0 Å². The van der Waals surface area contributed by atoms with Crippen LogP contribution in [-0.2, 0) is 12.8 Å². The second-order valence-electron chi connectivity index (χ2n) is 14.5. The molecule has 0 heterocycles. The Morgan fingerprint density at radius 3 is 1.21 bits per heavy atom. The Morgan fingerprint density at radius 2 is 0.791 bits per heavy atom. The molecule has 0 radical (unpaired) electrons. The molecule has 7 aromatic rings. The van der Waals surface area contributed by atoms with Crippen LogP contribution >= 0.6 is 44.2 Å². The van der Waals surface area contributed by atoms with E-state index in [4.69, 9.17) is 28.4 Å². The van der Waals surface area contributed by atoms with Gasteiger partial charge < -0.3 is 33.5 Å². The van der Waals surface area contributed by atoms with Gasteiger partial charge >= 0.3 is 18.1 Å². The van der Waals surface area contributed by atoms with Gasteiger partial charge in [-0.1, -0.05) is 117 Å². The number of phenolic OH excluding ortho intramolecular Hbond substituents is 1. The van der Waals surface area contributed by atoms with Crippen LogP contribution in [0.2, 0.25) is 0 Å². The van der Waals surface area contributed by atoms with Crippen molar-refractivity contribution in [2.45, 2.75) is 12.8 Å². The highest BCUT2D eigenvalue weighted by Crippen LogP contribution is 2.27. The van der Waals surface area contributed by atoms with Gasteiger partial charge in [-0.15, -0.1) is 0 Å². The van der Waals surface area contributed by atoms with E-state index in [1.54, 1.807) is 66.7 Å². The highest BCUT2D eigenvalue weighted by molar-refractivity contribution is 7.46. The average molecular weight is 991 g/mol. The zero-order valence-corrected chi connectivity index (χ0v) is 42.4. The van der Waals surface area contributed by atoms with Gasteiger partial charge in [0, 0.05) is 0 Å². The lowest BCUT2D eigenvalue weighted by molar-refractivity contribution is 0.0720. The molecule has 0 aliphatic rings. The Morgan fingerprint density at radius 1 is 0.433 bits per heavy atom. The SMILES string of the molecule is CPc1ccc(OC(=O)Oc2ccc(Cc3ccc(OCP)cc3)cc2C(=O)Oc2ccc(PC)cc2)cc1.CPc1ccc(OC(=O)c2cc(Cc3ccc(OCP)cc3)ccc2O)cc1. The van der Waals surface area contributed by atoms with Crippen LogP contribution in [0.3, 0.4) is 0 Å². The summed E-state index contributed by atoms with van der Waals surface area (Å²) in [4.78, 5) is 38.4. The molecular weight excluding hydrogens is 939 g/mol. The summed E-state index contributed by atoms with van der Waals surface area (Å²) < 4.78 is 32.7. The fourth-order valence-electron chi connectivity index (χ4n) is 6.46. The van der Waals surface area contributed by atoms with Crippen LogP contribution in [0.15, 0.2) is 158 Å². The molecule has 15 heteroatoms. The molecule has 67 heavy (non-hydrogen) atoms. The third kappa shape index (κ3) is 15.7. The van der Waals surface area contributed by atoms with E-state index < -0.39 is 18.1 Å². The quantitative estimate of drug-likeness (QED) is 0.0408. The van der Waals surface area contributed by atoms with Gasteiger partial charge in [0.15, 0.2) is 0 Å². The average Bonchev–Trinajstić information content (AvgIpc) is 3.35. The molecule has 0 aliphatic heterocycles. The Labute approximate surface area is 401 Å². The maximum absolute atomic E-state index is 13.3. The molecule has 5 atom stereocenters. The minimum absolute atomic E-state index is 0.0521. The molecule has 0 saturated carbocycles. The van der Waals surface area contributed by atoms with Crippen LogP contribution in [0.25, 0.3) is 0 Å².